The molecule has 0 spiro atoms. The molecule has 0 atom stereocenters. The van der Waals surface area contributed by atoms with Crippen LogP contribution in [-0.2, 0) is 39.0 Å². The number of rotatable bonds is 16. The van der Waals surface area contributed by atoms with E-state index in [1.54, 1.807) is 0 Å². The van der Waals surface area contributed by atoms with E-state index in [-0.39, 0.29) is 48.4 Å². The Labute approximate surface area is 688 Å². The third-order valence-corrected chi connectivity index (χ3v) is 27.2. The number of hydrogen-bond donors (Lipinski definition) is 0. The first-order valence-electron chi connectivity index (χ1n) is 37.4. The largest absolute Gasteiger partial charge is 1.00 e. The van der Waals surface area contributed by atoms with E-state index in [4.69, 9.17) is 0 Å². The van der Waals surface area contributed by atoms with Crippen LogP contribution in [-0.4, -0.2) is 82.0 Å². The van der Waals surface area contributed by atoms with Crippen LogP contribution in [0.4, 0.5) is 0 Å². The minimum Gasteiger partial charge on any atom is -1.00 e. The van der Waals surface area contributed by atoms with Gasteiger partial charge in [-0.25, -0.2) is 0 Å². The Hall–Kier alpha value is -8.37. The van der Waals surface area contributed by atoms with Gasteiger partial charge in [0.25, 0.3) is 0 Å². The van der Waals surface area contributed by atoms with Crippen LogP contribution in [0.5, 0.6) is 0 Å². The number of halogens is 2. The van der Waals surface area contributed by atoms with Crippen molar-refractivity contribution >= 4 is 108 Å². The minimum absolute atomic E-state index is 0. The fourth-order valence-corrected chi connectivity index (χ4v) is 21.2. The summed E-state index contributed by atoms with van der Waals surface area (Å²) >= 11 is 0. The summed E-state index contributed by atoms with van der Waals surface area (Å²) < 4.78 is 4.59. The van der Waals surface area contributed by atoms with Gasteiger partial charge >= 0.3 is 0 Å². The molecule has 0 fully saturated rings. The maximum Gasteiger partial charge on any atom is 0.0576 e. The fourth-order valence-electron chi connectivity index (χ4n) is 11.9. The van der Waals surface area contributed by atoms with E-state index >= 15 is 0 Å². The van der Waals surface area contributed by atoms with Crippen LogP contribution in [0.3, 0.4) is 0 Å². The van der Waals surface area contributed by atoms with Gasteiger partial charge in [-0.15, -0.1) is 12.7 Å². The molecule has 572 valence electrons. The van der Waals surface area contributed by atoms with Crippen LogP contribution in [0, 0.1) is 0 Å². The molecule has 0 saturated heterocycles. The molecule has 15 rings (SSSR count). The van der Waals surface area contributed by atoms with Gasteiger partial charge in [-0.3, -0.25) is 0 Å². The van der Waals surface area contributed by atoms with Crippen molar-refractivity contribution in [1.82, 2.24) is 9.80 Å². The van der Waals surface area contributed by atoms with Crippen LogP contribution < -0.4 is 73.1 Å². The van der Waals surface area contributed by atoms with Crippen LogP contribution in [0.1, 0.15) is 68.2 Å². The van der Waals surface area contributed by atoms with Crippen molar-refractivity contribution in [2.24, 2.45) is 0 Å². The molecule has 0 aromatic heterocycles. The Kier molecular flexibility index (Phi) is 44.2. The molecule has 13 aromatic rings. The zero-order valence-corrected chi connectivity index (χ0v) is 71.5. The Morgan fingerprint density at radius 3 is 0.445 bits per heavy atom. The predicted octanol–water partition coefficient (Wildman–Crippen LogP) is 12.3. The van der Waals surface area contributed by atoms with Crippen molar-refractivity contribution in [2.45, 2.75) is 92.4 Å². The molecule has 110 heavy (non-hydrogen) atoms. The summed E-state index contributed by atoms with van der Waals surface area (Å²) in [6, 6.07) is 144. The molecule has 2 aliphatic rings. The van der Waals surface area contributed by atoms with Gasteiger partial charge in [0.15, 0.2) is 0 Å². The zero-order valence-electron chi connectivity index (χ0n) is 64.7. The van der Waals surface area contributed by atoms with Crippen LogP contribution >= 0.6 is 31.7 Å². The summed E-state index contributed by atoms with van der Waals surface area (Å²) in [7, 11) is -1.78. The minimum atomic E-state index is -0.446. The van der Waals surface area contributed by atoms with E-state index in [1.807, 2.05) is 36.4 Å². The second-order valence-electron chi connectivity index (χ2n) is 26.6. The van der Waals surface area contributed by atoms with Gasteiger partial charge in [-0.05, 0) is 151 Å². The van der Waals surface area contributed by atoms with E-state index in [9.17, 15) is 0 Å². The Morgan fingerprint density at radius 2 is 0.336 bits per heavy atom. The van der Waals surface area contributed by atoms with Crippen LogP contribution in [0.2, 0.25) is 0 Å². The molecule has 0 amide bonds. The molecule has 0 aliphatic carbocycles. The summed E-state index contributed by atoms with van der Waals surface area (Å²) in [6.07, 6.45) is 9.37. The van der Waals surface area contributed by atoms with Crippen molar-refractivity contribution in [2.75, 3.05) is 26.2 Å². The van der Waals surface area contributed by atoms with Gasteiger partial charge < -0.3 is 28.4 Å². The molecule has 12 heteroatoms. The smallest absolute Gasteiger partial charge is 0.0576 e. The maximum absolute atomic E-state index is 3.42. The second kappa shape index (κ2) is 52.7. The summed E-state index contributed by atoms with van der Waals surface area (Å²) in [5.41, 5.74) is 0. The number of hydrogen-bond acceptors (Lipinski definition) is 2. The van der Waals surface area contributed by atoms with Crippen molar-refractivity contribution in [3.05, 3.63) is 400 Å². The molecule has 0 unspecified atom stereocenters. The molecule has 4 nitrogen and oxygen atoms in total. The summed E-state index contributed by atoms with van der Waals surface area (Å²) in [5.74, 6) is 0. The SMILES string of the molecule is CC(C)N1[C-]=[N+](C(C)C)CCC1.CC(C)N1[C-]=[N+](C(C)C)CCC1.[F-].[F-].[Rh].[Rh].c1ccc(P(c2ccccc2)c2ccccc2)cc1.c1ccc(P(c2ccccc2)c2ccccc2)cc1.c1ccc(P(c2ccccc2)c2ccccc2)cc1.c1ccc(P(c2ccccc2)c2ccccc2)cc1.c1ccccc1. The van der Waals surface area contributed by atoms with E-state index in [0.717, 1.165) is 0 Å². The van der Waals surface area contributed by atoms with Crippen molar-refractivity contribution < 1.29 is 57.5 Å². The summed E-state index contributed by atoms with van der Waals surface area (Å²) in [6.45, 7) is 22.4. The Bertz CT molecular complexity index is 3570. The molecular weight excluding hydrogens is 1600 g/mol. The normalized spacial score (nSPS) is 11.9. The van der Waals surface area contributed by atoms with Crippen LogP contribution in [0.25, 0.3) is 0 Å². The van der Waals surface area contributed by atoms with Gasteiger partial charge in [0.2, 0.25) is 0 Å². The molecule has 0 saturated carbocycles. The van der Waals surface area contributed by atoms with Crippen LogP contribution in [0.15, 0.2) is 400 Å². The number of nitrogens with zero attached hydrogens (tertiary/aromatic N) is 4. The molecule has 2 radical (unpaired) electrons. The van der Waals surface area contributed by atoms with Crippen molar-refractivity contribution in [3.63, 3.8) is 0 Å². The van der Waals surface area contributed by atoms with E-state index in [0.29, 0.717) is 24.2 Å². The molecule has 0 N–H and O–H groups in total. The fraction of sp³-hybridized carbons (Fsp3) is 0.184. The van der Waals surface area contributed by atoms with E-state index < -0.39 is 31.7 Å². The first-order valence-corrected chi connectivity index (χ1v) is 42.8. The third kappa shape index (κ3) is 30.7. The maximum atomic E-state index is 3.42. The summed E-state index contributed by atoms with van der Waals surface area (Å²) in [5, 5.41) is 16.8. The molecule has 13 aromatic carbocycles. The predicted molar refractivity (Wildman–Crippen MR) is 470 cm³/mol. The Balaban J connectivity index is 0.000000233. The first kappa shape index (κ1) is 92.2. The Morgan fingerprint density at radius 1 is 0.218 bits per heavy atom. The van der Waals surface area contributed by atoms with E-state index in [2.05, 4.69) is 451 Å². The van der Waals surface area contributed by atoms with Crippen molar-refractivity contribution in [3.8, 4) is 0 Å². The molecule has 0 bridgehead atoms. The zero-order chi connectivity index (χ0) is 74.2. The van der Waals surface area contributed by atoms with Gasteiger partial charge in [0.05, 0.1) is 50.3 Å². The standard InChI is InChI=1S/4C18H15P.2C10H20N2.C6H6.2FH.2Rh/c4*1-4-10-16(11-5-1)19(17-12-6-2-7-13-17)18-14-8-3-9-15-18;2*1-9(2)11-6-5-7-12(8-11)10(3)4;1-2-4-6-5-3-1;;;;/h4*1-15H;2*9-10H,5-7H2,1-4H3;1-6H;2*1H;;/p-2. The monoisotopic (exact) mass is 1710 g/mol. The van der Waals surface area contributed by atoms with Crippen molar-refractivity contribution in [1.29, 1.82) is 0 Å². The average molecular weight is 1710 g/mol. The number of benzene rings is 13. The average Bonchev–Trinajstić information content (AvgIpc) is 0.829. The third-order valence-electron chi connectivity index (χ3n) is 17.4. The van der Waals surface area contributed by atoms with Gasteiger partial charge in [0.1, 0.15) is 0 Å². The quantitative estimate of drug-likeness (QED) is 0.0414. The molecular formula is C98H106F2N4P4Rh2-2. The van der Waals surface area contributed by atoms with Gasteiger partial charge in [-0.1, -0.05) is 400 Å². The van der Waals surface area contributed by atoms with E-state index in [1.165, 1.54) is 103 Å². The second-order valence-corrected chi connectivity index (χ2v) is 35.5. The van der Waals surface area contributed by atoms with Gasteiger partial charge in [-0.2, -0.15) is 0 Å². The summed E-state index contributed by atoms with van der Waals surface area (Å²) in [4.78, 5) is 4.59. The first-order chi connectivity index (χ1) is 52.0. The van der Waals surface area contributed by atoms with Gasteiger partial charge in [0, 0.05) is 51.8 Å². The molecule has 2 aliphatic heterocycles. The topological polar surface area (TPSA) is 12.5 Å². The molecule has 2 heterocycles.